The van der Waals surface area contributed by atoms with E-state index in [2.05, 4.69) is 46.4 Å². The van der Waals surface area contributed by atoms with Crippen molar-refractivity contribution in [3.63, 3.8) is 0 Å². The summed E-state index contributed by atoms with van der Waals surface area (Å²) >= 11 is 3.49. The van der Waals surface area contributed by atoms with Crippen molar-refractivity contribution in [2.24, 2.45) is 0 Å². The van der Waals surface area contributed by atoms with E-state index < -0.39 is 0 Å². The summed E-state index contributed by atoms with van der Waals surface area (Å²) in [4.78, 5) is 9.30. The third kappa shape index (κ3) is 9.12. The number of hydrogen-bond donors (Lipinski definition) is 0. The van der Waals surface area contributed by atoms with Crippen LogP contribution < -0.4 is 28.4 Å². The number of hydrogen-bond acceptors (Lipinski definition) is 6. The predicted molar refractivity (Wildman–Crippen MR) is 130 cm³/mol. The minimum absolute atomic E-state index is 0. The largest absolute Gasteiger partial charge is 1.00 e. The van der Waals surface area contributed by atoms with Gasteiger partial charge in [0.1, 0.15) is 0 Å². The van der Waals surface area contributed by atoms with Crippen molar-refractivity contribution >= 4 is 61.2 Å². The Balaban J connectivity index is 0.000000348. The maximum absolute atomic E-state index is 4.83. The summed E-state index contributed by atoms with van der Waals surface area (Å²) in [5.41, 5.74) is 2.16. The van der Waals surface area contributed by atoms with Crippen LogP contribution in [0.1, 0.15) is 27.7 Å². The predicted octanol–water partition coefficient (Wildman–Crippen LogP) is 2.89. The Morgan fingerprint density at radius 3 is 1.33 bits per heavy atom. The van der Waals surface area contributed by atoms with E-state index in [1.54, 1.807) is 22.7 Å². The summed E-state index contributed by atoms with van der Waals surface area (Å²) in [6.07, 6.45) is 0. The van der Waals surface area contributed by atoms with Gasteiger partial charge in [0.15, 0.2) is 0 Å². The number of nitrogens with zero attached hydrogens (tertiary/aromatic N) is 2. The van der Waals surface area contributed by atoms with E-state index in [1.165, 1.54) is 9.40 Å². The Labute approximate surface area is 201 Å². The van der Waals surface area contributed by atoms with Gasteiger partial charge in [-0.25, -0.2) is 0 Å². The van der Waals surface area contributed by atoms with Crippen LogP contribution in [0.4, 0.5) is 0 Å². The molecule has 0 amide bonds. The summed E-state index contributed by atoms with van der Waals surface area (Å²) in [6.45, 7) is 11.3. The fraction of sp³-hybridized carbons (Fsp3) is 0.364. The molecule has 4 nitrogen and oxygen atoms in total. The van der Waals surface area contributed by atoms with Crippen LogP contribution in [0.5, 0.6) is 0 Å². The van der Waals surface area contributed by atoms with Gasteiger partial charge in [-0.1, -0.05) is 33.8 Å². The van der Waals surface area contributed by atoms with Crippen molar-refractivity contribution in [3.8, 4) is 0 Å². The number of para-hydroxylation sites is 2. The number of benzene rings is 2. The SMILES string of the molecule is CCOCC.CCOCC.[Li+].c1ccc2sc([P-]c3nc4ccccc4s3)nc2c1. The van der Waals surface area contributed by atoms with Crippen molar-refractivity contribution in [2.75, 3.05) is 26.4 Å². The first-order chi connectivity index (χ1) is 14.2. The zero-order chi connectivity index (χ0) is 20.9. The average molecular weight is 455 g/mol. The Bertz CT molecular complexity index is 830. The molecule has 2 aromatic heterocycles. The topological polar surface area (TPSA) is 44.2 Å². The zero-order valence-corrected chi connectivity index (χ0v) is 20.9. The molecule has 2 aromatic carbocycles. The summed E-state index contributed by atoms with van der Waals surface area (Å²) in [7, 11) is 1.11. The Morgan fingerprint density at radius 2 is 1.03 bits per heavy atom. The van der Waals surface area contributed by atoms with Crippen LogP contribution in [0.2, 0.25) is 0 Å². The van der Waals surface area contributed by atoms with Crippen LogP contribution in [0.3, 0.4) is 0 Å². The second kappa shape index (κ2) is 15.9. The molecule has 0 spiro atoms. The molecule has 2 heterocycles. The van der Waals surface area contributed by atoms with Crippen molar-refractivity contribution in [3.05, 3.63) is 48.5 Å². The van der Waals surface area contributed by atoms with Crippen LogP contribution in [0.15, 0.2) is 48.5 Å². The van der Waals surface area contributed by atoms with E-state index in [1.807, 2.05) is 39.8 Å². The third-order valence-electron chi connectivity index (χ3n) is 3.57. The van der Waals surface area contributed by atoms with Gasteiger partial charge in [0.05, 0.1) is 20.4 Å². The molecule has 8 heteroatoms. The monoisotopic (exact) mass is 454 g/mol. The van der Waals surface area contributed by atoms with Gasteiger partial charge in [0, 0.05) is 26.4 Å². The molecule has 0 unspecified atom stereocenters. The van der Waals surface area contributed by atoms with Crippen LogP contribution in [-0.4, -0.2) is 36.4 Å². The summed E-state index contributed by atoms with van der Waals surface area (Å²) in [5.74, 6) is 0. The van der Waals surface area contributed by atoms with E-state index in [9.17, 15) is 0 Å². The first kappa shape index (κ1) is 27.2. The second-order valence-corrected chi connectivity index (χ2v) is 9.34. The van der Waals surface area contributed by atoms with Crippen LogP contribution in [0, 0.1) is 0 Å². The van der Waals surface area contributed by atoms with E-state index in [0.29, 0.717) is 0 Å². The first-order valence-electron chi connectivity index (χ1n) is 9.80. The molecular weight excluding hydrogens is 426 g/mol. The molecule has 0 aliphatic heterocycles. The van der Waals surface area contributed by atoms with Gasteiger partial charge >= 0.3 is 18.9 Å². The molecule has 0 saturated carbocycles. The molecule has 0 aliphatic carbocycles. The van der Waals surface area contributed by atoms with Crippen LogP contribution in [0.25, 0.3) is 20.4 Å². The number of aromatic nitrogens is 2. The molecule has 0 saturated heterocycles. The summed E-state index contributed by atoms with van der Waals surface area (Å²) in [5, 5.41) is 0. The van der Waals surface area contributed by atoms with Gasteiger partial charge in [0.2, 0.25) is 0 Å². The van der Waals surface area contributed by atoms with Crippen LogP contribution in [-0.2, 0) is 9.47 Å². The van der Waals surface area contributed by atoms with Crippen molar-refractivity contribution < 1.29 is 28.3 Å². The Morgan fingerprint density at radius 1 is 0.667 bits per heavy atom. The molecule has 0 atom stereocenters. The molecule has 0 N–H and O–H groups in total. The fourth-order valence-corrected chi connectivity index (χ4v) is 5.84. The normalized spacial score (nSPS) is 10.0. The van der Waals surface area contributed by atoms with Crippen molar-refractivity contribution in [1.29, 1.82) is 0 Å². The number of rotatable bonds is 6. The molecular formula is C22H28LiN2O2PS2. The van der Waals surface area contributed by atoms with Gasteiger partial charge in [0.25, 0.3) is 0 Å². The molecule has 30 heavy (non-hydrogen) atoms. The zero-order valence-electron chi connectivity index (χ0n) is 18.4. The van der Waals surface area contributed by atoms with E-state index in [4.69, 9.17) is 9.47 Å². The molecule has 0 bridgehead atoms. The third-order valence-corrected chi connectivity index (χ3v) is 6.93. The molecule has 0 fully saturated rings. The molecule has 156 valence electrons. The van der Waals surface area contributed by atoms with E-state index >= 15 is 0 Å². The first-order valence-corrected chi connectivity index (χ1v) is 12.3. The maximum atomic E-state index is 4.83. The van der Waals surface area contributed by atoms with Crippen LogP contribution >= 0.6 is 31.3 Å². The van der Waals surface area contributed by atoms with Crippen molar-refractivity contribution in [1.82, 2.24) is 9.97 Å². The summed E-state index contributed by atoms with van der Waals surface area (Å²) in [6, 6.07) is 16.5. The second-order valence-electron chi connectivity index (χ2n) is 5.60. The van der Waals surface area contributed by atoms with E-state index in [-0.39, 0.29) is 18.9 Å². The van der Waals surface area contributed by atoms with Crippen molar-refractivity contribution in [2.45, 2.75) is 27.7 Å². The number of fused-ring (bicyclic) bond motifs is 2. The molecule has 0 radical (unpaired) electrons. The molecule has 0 aliphatic rings. The van der Waals surface area contributed by atoms with Gasteiger partial charge in [-0.15, -0.1) is 0 Å². The van der Waals surface area contributed by atoms with Gasteiger partial charge in [-0.05, 0) is 52.0 Å². The Hall–Kier alpha value is -0.833. The minimum Gasteiger partial charge on any atom is -0.407 e. The number of ether oxygens (including phenoxy) is 2. The quantitative estimate of drug-likeness (QED) is 0.332. The molecule has 4 aromatic rings. The van der Waals surface area contributed by atoms with Gasteiger partial charge in [-0.2, -0.15) is 22.7 Å². The molecule has 4 rings (SSSR count). The summed E-state index contributed by atoms with van der Waals surface area (Å²) < 4.78 is 14.4. The van der Waals surface area contributed by atoms with Gasteiger partial charge in [-0.3, -0.25) is 9.97 Å². The fourth-order valence-electron chi connectivity index (χ4n) is 2.31. The Kier molecular flexibility index (Phi) is 14.4. The van der Waals surface area contributed by atoms with Gasteiger partial charge < -0.3 is 18.1 Å². The van der Waals surface area contributed by atoms with E-state index in [0.717, 1.165) is 55.5 Å². The smallest absolute Gasteiger partial charge is 0.407 e. The number of thiazole rings is 2. The minimum atomic E-state index is 0. The maximum Gasteiger partial charge on any atom is 1.00 e. The standard InChI is InChI=1S/C14H8N2PS2.2C4H10O.Li/c1-3-7-11-9(5-1)15-13(18-11)17-14-16-10-6-2-4-8-12(10)19-14;2*1-3-5-4-2;/h1-8H;2*3-4H2,1-2H3;/q-1;;;+1. The average Bonchev–Trinajstić information content (AvgIpc) is 3.33.